The highest BCUT2D eigenvalue weighted by molar-refractivity contribution is 6.23. The van der Waals surface area contributed by atoms with Gasteiger partial charge in [-0.05, 0) is 24.0 Å². The summed E-state index contributed by atoms with van der Waals surface area (Å²) >= 11 is 0. The van der Waals surface area contributed by atoms with Crippen LogP contribution < -0.4 is 5.73 Å². The van der Waals surface area contributed by atoms with Gasteiger partial charge in [-0.1, -0.05) is 26.0 Å². The van der Waals surface area contributed by atoms with Crippen LogP contribution in [0.5, 0.6) is 5.75 Å². The smallest absolute Gasteiger partial charge is 0.255 e. The summed E-state index contributed by atoms with van der Waals surface area (Å²) in [5.74, 6) is -9.21. The molecule has 10 heteroatoms. The first-order chi connectivity index (χ1) is 17.5. The van der Waals surface area contributed by atoms with Crippen LogP contribution in [0.4, 0.5) is 0 Å². The molecule has 0 radical (unpaired) electrons. The standard InChI is InChI=1S/C27H31NO9/c1-3-8-37-11-15-13-6-5-7-17(30)20(13)23(32)22-19(15)14(9-12(29)4-2)16-10-18(31)21(26(28)35)24(33)27(16,36)25(22)34/h5-7,14-16,19,30,32-33,36H,3-4,8-11H2,1-2H3,(H2,28,35)/t14-,15+,16-,19-,27-/m1/s1. The molecule has 1 amide bonds. The minimum absolute atomic E-state index is 0.0136. The monoisotopic (exact) mass is 513 g/mol. The summed E-state index contributed by atoms with van der Waals surface area (Å²) in [7, 11) is 0. The number of nitrogens with two attached hydrogens (primary N) is 1. The van der Waals surface area contributed by atoms with E-state index in [-0.39, 0.29) is 42.1 Å². The van der Waals surface area contributed by atoms with E-state index >= 15 is 0 Å². The van der Waals surface area contributed by atoms with Crippen LogP contribution in [-0.4, -0.2) is 62.5 Å². The minimum atomic E-state index is -2.77. The van der Waals surface area contributed by atoms with E-state index in [0.717, 1.165) is 0 Å². The first-order valence-electron chi connectivity index (χ1n) is 12.4. The number of amides is 1. The van der Waals surface area contributed by atoms with Crippen LogP contribution in [-0.2, 0) is 23.9 Å². The molecule has 0 aromatic heterocycles. The van der Waals surface area contributed by atoms with Gasteiger partial charge in [0.1, 0.15) is 28.6 Å². The van der Waals surface area contributed by atoms with Crippen LogP contribution >= 0.6 is 0 Å². The number of ketones is 3. The molecule has 0 unspecified atom stereocenters. The zero-order valence-electron chi connectivity index (χ0n) is 20.7. The maximum Gasteiger partial charge on any atom is 0.255 e. The van der Waals surface area contributed by atoms with Crippen molar-refractivity contribution >= 4 is 29.0 Å². The van der Waals surface area contributed by atoms with E-state index in [9.17, 15) is 39.6 Å². The number of aromatic hydroxyl groups is 1. The second-order valence-corrected chi connectivity index (χ2v) is 9.89. The molecule has 1 aromatic carbocycles. The van der Waals surface area contributed by atoms with Gasteiger partial charge in [0, 0.05) is 49.2 Å². The maximum atomic E-state index is 14.0. The van der Waals surface area contributed by atoms with E-state index < -0.39 is 70.3 Å². The lowest BCUT2D eigenvalue weighted by molar-refractivity contribution is -0.156. The summed E-state index contributed by atoms with van der Waals surface area (Å²) in [5.41, 5.74) is 1.81. The zero-order valence-corrected chi connectivity index (χ0v) is 20.7. The first kappa shape index (κ1) is 26.6. The van der Waals surface area contributed by atoms with Gasteiger partial charge in [-0.25, -0.2) is 0 Å². The van der Waals surface area contributed by atoms with Crippen molar-refractivity contribution in [2.45, 2.75) is 51.0 Å². The molecule has 3 aliphatic rings. The summed E-state index contributed by atoms with van der Waals surface area (Å²) in [6.07, 6.45) is 0.180. The lowest BCUT2D eigenvalue weighted by Gasteiger charge is -2.52. The molecule has 0 saturated heterocycles. The van der Waals surface area contributed by atoms with Crippen molar-refractivity contribution in [3.05, 3.63) is 46.2 Å². The second-order valence-electron chi connectivity index (χ2n) is 9.89. The molecule has 0 spiro atoms. The Labute approximate surface area is 213 Å². The Morgan fingerprint density at radius 1 is 1.16 bits per heavy atom. The van der Waals surface area contributed by atoms with E-state index in [2.05, 4.69) is 0 Å². The average Bonchev–Trinajstić information content (AvgIpc) is 2.84. The largest absolute Gasteiger partial charge is 0.508 e. The Hall–Kier alpha value is -3.50. The van der Waals surface area contributed by atoms with Crippen molar-refractivity contribution in [1.29, 1.82) is 0 Å². The van der Waals surface area contributed by atoms with Crippen molar-refractivity contribution < 1.29 is 44.3 Å². The van der Waals surface area contributed by atoms with E-state index in [0.29, 0.717) is 18.6 Å². The number of fused-ring (bicyclic) bond motifs is 3. The number of hydrogen-bond acceptors (Lipinski definition) is 9. The molecule has 0 aliphatic heterocycles. The molecular weight excluding hydrogens is 482 g/mol. The Kier molecular flexibility index (Phi) is 7.00. The van der Waals surface area contributed by atoms with Crippen molar-refractivity contribution in [1.82, 2.24) is 0 Å². The molecular formula is C27H31NO9. The van der Waals surface area contributed by atoms with Crippen molar-refractivity contribution in [2.24, 2.45) is 23.5 Å². The molecule has 198 valence electrons. The molecule has 6 N–H and O–H groups in total. The van der Waals surface area contributed by atoms with Gasteiger partial charge in [0.05, 0.1) is 12.2 Å². The number of hydrogen-bond donors (Lipinski definition) is 5. The van der Waals surface area contributed by atoms with Crippen LogP contribution in [0, 0.1) is 17.8 Å². The number of aliphatic hydroxyl groups is 3. The molecule has 1 fully saturated rings. The number of phenols is 1. The summed E-state index contributed by atoms with van der Waals surface area (Å²) in [5, 5.41) is 44.6. The maximum absolute atomic E-state index is 14.0. The van der Waals surface area contributed by atoms with Crippen molar-refractivity contribution in [3.63, 3.8) is 0 Å². The fourth-order valence-corrected chi connectivity index (χ4v) is 6.20. The van der Waals surface area contributed by atoms with Crippen LogP contribution in [0.25, 0.3) is 5.76 Å². The molecule has 4 rings (SSSR count). The SMILES string of the molecule is CCCOC[C@H]1c2cccc(O)c2C(O)=C2C(=O)[C@]3(O)C(O)=C(C(N)=O)C(=O)C[C@@H]3[C@@H](CC(=O)CC)[C@@H]21. The summed E-state index contributed by atoms with van der Waals surface area (Å²) in [6, 6.07) is 4.61. The Morgan fingerprint density at radius 3 is 2.49 bits per heavy atom. The van der Waals surface area contributed by atoms with Gasteiger partial charge in [0.15, 0.2) is 11.4 Å². The lowest BCUT2D eigenvalue weighted by Crippen LogP contribution is -2.62. The van der Waals surface area contributed by atoms with Crippen LogP contribution in [0.3, 0.4) is 0 Å². The molecule has 1 saturated carbocycles. The number of Topliss-reactive ketones (excluding diaryl/α,β-unsaturated/α-hetero) is 3. The molecule has 1 aromatic rings. The third kappa shape index (κ3) is 3.95. The normalized spacial score (nSPS) is 29.1. The van der Waals surface area contributed by atoms with E-state index in [1.807, 2.05) is 6.92 Å². The van der Waals surface area contributed by atoms with Gasteiger partial charge < -0.3 is 30.9 Å². The molecule has 0 heterocycles. The van der Waals surface area contributed by atoms with E-state index in [1.165, 1.54) is 6.07 Å². The van der Waals surface area contributed by atoms with Gasteiger partial charge in [0.25, 0.3) is 5.91 Å². The number of phenolic OH excluding ortho intramolecular Hbond substituents is 1. The van der Waals surface area contributed by atoms with Crippen LogP contribution in [0.15, 0.2) is 35.1 Å². The number of primary amides is 1. The van der Waals surface area contributed by atoms with Gasteiger partial charge in [0.2, 0.25) is 5.78 Å². The van der Waals surface area contributed by atoms with Gasteiger partial charge in [-0.2, -0.15) is 0 Å². The predicted molar refractivity (Wildman–Crippen MR) is 130 cm³/mol. The number of benzene rings is 1. The topological polar surface area (TPSA) is 184 Å². The zero-order chi connectivity index (χ0) is 27.2. The Balaban J connectivity index is 2.02. The van der Waals surface area contributed by atoms with Gasteiger partial charge in [-0.3, -0.25) is 19.2 Å². The summed E-state index contributed by atoms with van der Waals surface area (Å²) in [4.78, 5) is 51.5. The van der Waals surface area contributed by atoms with Crippen molar-refractivity contribution in [2.75, 3.05) is 13.2 Å². The molecule has 5 atom stereocenters. The molecule has 37 heavy (non-hydrogen) atoms. The quantitative estimate of drug-likeness (QED) is 0.256. The van der Waals surface area contributed by atoms with E-state index in [1.54, 1.807) is 19.1 Å². The third-order valence-corrected chi connectivity index (χ3v) is 7.87. The molecule has 0 bridgehead atoms. The number of rotatable bonds is 8. The molecule has 3 aliphatic carbocycles. The van der Waals surface area contributed by atoms with Gasteiger partial charge >= 0.3 is 0 Å². The average molecular weight is 514 g/mol. The predicted octanol–water partition coefficient (Wildman–Crippen LogP) is 1.99. The highest BCUT2D eigenvalue weighted by Gasteiger charge is 2.65. The molecule has 10 nitrogen and oxygen atoms in total. The first-order valence-corrected chi connectivity index (χ1v) is 12.4. The fraction of sp³-hybridized carbons (Fsp3) is 0.481. The van der Waals surface area contributed by atoms with Crippen LogP contribution in [0.1, 0.15) is 56.6 Å². The number of carbonyl (C=O) groups is 4. The Morgan fingerprint density at radius 2 is 1.86 bits per heavy atom. The van der Waals surface area contributed by atoms with Crippen LogP contribution in [0.2, 0.25) is 0 Å². The van der Waals surface area contributed by atoms with Crippen molar-refractivity contribution in [3.8, 4) is 5.75 Å². The number of carbonyl (C=O) groups excluding carboxylic acids is 4. The van der Waals surface area contributed by atoms with E-state index in [4.69, 9.17) is 10.5 Å². The fourth-order valence-electron chi connectivity index (χ4n) is 6.20. The highest BCUT2D eigenvalue weighted by Crippen LogP contribution is 2.59. The third-order valence-electron chi connectivity index (χ3n) is 7.87. The minimum Gasteiger partial charge on any atom is -0.508 e. The Bertz CT molecular complexity index is 1250. The number of ether oxygens (including phenoxy) is 1. The lowest BCUT2D eigenvalue weighted by atomic mass is 9.51. The van der Waals surface area contributed by atoms with Gasteiger partial charge in [-0.15, -0.1) is 0 Å². The second kappa shape index (κ2) is 9.75. The summed E-state index contributed by atoms with van der Waals surface area (Å²) in [6.45, 7) is 4.04. The number of aliphatic hydroxyl groups excluding tert-OH is 2. The highest BCUT2D eigenvalue weighted by atomic mass is 16.5. The summed E-state index contributed by atoms with van der Waals surface area (Å²) < 4.78 is 5.84.